The van der Waals surface area contributed by atoms with Crippen molar-refractivity contribution in [2.75, 3.05) is 0 Å². The zero-order valence-corrected chi connectivity index (χ0v) is 11.3. The Kier molecular flexibility index (Phi) is 3.11. The average molecular weight is 263 g/mol. The van der Waals surface area contributed by atoms with E-state index in [1.54, 1.807) is 29.4 Å². The van der Waals surface area contributed by atoms with Gasteiger partial charge in [-0.15, -0.1) is 11.3 Å². The first-order chi connectivity index (χ1) is 8.33. The predicted octanol–water partition coefficient (Wildman–Crippen LogP) is 3.27. The number of thiazole rings is 1. The highest BCUT2D eigenvalue weighted by Gasteiger charge is 2.16. The van der Waals surface area contributed by atoms with Gasteiger partial charge in [0.15, 0.2) is 4.34 Å². The smallest absolute Gasteiger partial charge is 0.156 e. The van der Waals surface area contributed by atoms with Crippen LogP contribution in [0.25, 0.3) is 0 Å². The summed E-state index contributed by atoms with van der Waals surface area (Å²) in [6.07, 6.45) is 6.41. The molecule has 3 nitrogen and oxygen atoms in total. The average Bonchev–Trinajstić information content (AvgIpc) is 2.75. The summed E-state index contributed by atoms with van der Waals surface area (Å²) in [5, 5.41) is 3.18. The highest BCUT2D eigenvalue weighted by Crippen LogP contribution is 2.34. The lowest BCUT2D eigenvalue weighted by molar-refractivity contribution is 0.645. The molecule has 0 radical (unpaired) electrons. The van der Waals surface area contributed by atoms with E-state index in [0.717, 1.165) is 27.9 Å². The second-order valence-corrected chi connectivity index (χ2v) is 6.26. The molecule has 2 aromatic rings. The highest BCUT2D eigenvalue weighted by atomic mass is 32.2. The third kappa shape index (κ3) is 2.35. The number of nitrogens with zero attached hydrogens (tertiary/aromatic N) is 3. The largest absolute Gasteiger partial charge is 0.241 e. The van der Waals surface area contributed by atoms with Gasteiger partial charge in [0.2, 0.25) is 0 Å². The number of rotatable bonds is 2. The Balaban J connectivity index is 1.92. The van der Waals surface area contributed by atoms with Gasteiger partial charge < -0.3 is 0 Å². The molecule has 1 aliphatic rings. The van der Waals surface area contributed by atoms with Crippen LogP contribution in [0.2, 0.25) is 0 Å². The Morgan fingerprint density at radius 2 is 2.12 bits per heavy atom. The molecule has 0 fully saturated rings. The van der Waals surface area contributed by atoms with Crippen LogP contribution in [0.3, 0.4) is 0 Å². The molecule has 5 heteroatoms. The minimum Gasteiger partial charge on any atom is -0.241 e. The minimum atomic E-state index is 1.08. The molecule has 0 saturated heterocycles. The summed E-state index contributed by atoms with van der Waals surface area (Å²) in [6, 6.07) is 0. The van der Waals surface area contributed by atoms with Crippen LogP contribution in [-0.4, -0.2) is 15.0 Å². The zero-order valence-electron chi connectivity index (χ0n) is 9.64. The number of hydrogen-bond acceptors (Lipinski definition) is 5. The van der Waals surface area contributed by atoms with E-state index in [2.05, 4.69) is 20.3 Å². The van der Waals surface area contributed by atoms with Gasteiger partial charge >= 0.3 is 0 Å². The molecule has 1 aliphatic carbocycles. The molecular formula is C12H13N3S2. The summed E-state index contributed by atoms with van der Waals surface area (Å²) in [6.45, 7) is 2.02. The number of aryl methyl sites for hydroxylation is 2. The van der Waals surface area contributed by atoms with Gasteiger partial charge in [-0.05, 0) is 44.4 Å². The van der Waals surface area contributed by atoms with Crippen LogP contribution < -0.4 is 0 Å². The lowest BCUT2D eigenvalue weighted by atomic mass is 9.98. The van der Waals surface area contributed by atoms with Crippen molar-refractivity contribution in [1.82, 2.24) is 15.0 Å². The van der Waals surface area contributed by atoms with Gasteiger partial charge in [-0.1, -0.05) is 0 Å². The molecule has 2 heterocycles. The van der Waals surface area contributed by atoms with E-state index in [1.165, 1.54) is 24.1 Å². The van der Waals surface area contributed by atoms with Gasteiger partial charge in [-0.3, -0.25) is 0 Å². The normalized spacial score (nSPS) is 14.6. The fourth-order valence-corrected chi connectivity index (χ4v) is 3.93. The maximum Gasteiger partial charge on any atom is 0.156 e. The van der Waals surface area contributed by atoms with Crippen LogP contribution in [0.4, 0.5) is 0 Å². The summed E-state index contributed by atoms with van der Waals surface area (Å²) in [5.74, 6) is 0. The molecule has 0 aliphatic heterocycles. The molecular weight excluding hydrogens is 250 g/mol. The van der Waals surface area contributed by atoms with Crippen molar-refractivity contribution in [3.8, 4) is 0 Å². The molecule has 0 amide bonds. The molecule has 0 bridgehead atoms. The Hall–Kier alpha value is -0.940. The molecule has 17 heavy (non-hydrogen) atoms. The maximum atomic E-state index is 4.48. The summed E-state index contributed by atoms with van der Waals surface area (Å²) in [7, 11) is 0. The van der Waals surface area contributed by atoms with E-state index in [0.29, 0.717) is 0 Å². The topological polar surface area (TPSA) is 38.7 Å². The van der Waals surface area contributed by atoms with Crippen LogP contribution in [0.5, 0.6) is 0 Å². The standard InChI is InChI=1S/C12H13N3S2/c1-8-6-16-12(15-8)17-11-9-4-2-3-5-10(9)13-7-14-11/h6-7H,2-5H2,1H3. The third-order valence-electron chi connectivity index (χ3n) is 2.87. The van der Waals surface area contributed by atoms with Gasteiger partial charge in [0.25, 0.3) is 0 Å². The predicted molar refractivity (Wildman–Crippen MR) is 69.6 cm³/mol. The van der Waals surface area contributed by atoms with E-state index in [1.807, 2.05) is 6.92 Å². The molecule has 3 rings (SSSR count). The lowest BCUT2D eigenvalue weighted by Crippen LogP contribution is -2.07. The minimum absolute atomic E-state index is 1.08. The van der Waals surface area contributed by atoms with Crippen LogP contribution in [-0.2, 0) is 12.8 Å². The molecule has 0 spiro atoms. The SMILES string of the molecule is Cc1csc(Sc2ncnc3c2CCCC3)n1. The Labute approximate surface area is 109 Å². The summed E-state index contributed by atoms with van der Waals surface area (Å²) < 4.78 is 1.08. The van der Waals surface area contributed by atoms with Gasteiger partial charge in [-0.25, -0.2) is 15.0 Å². The van der Waals surface area contributed by atoms with Crippen LogP contribution in [0.1, 0.15) is 29.8 Å². The van der Waals surface area contributed by atoms with E-state index >= 15 is 0 Å². The lowest BCUT2D eigenvalue weighted by Gasteiger charge is -2.16. The Morgan fingerprint density at radius 3 is 2.94 bits per heavy atom. The fraction of sp³-hybridized carbons (Fsp3) is 0.417. The molecule has 88 valence electrons. The maximum absolute atomic E-state index is 4.48. The Bertz CT molecular complexity index is 536. The first-order valence-electron chi connectivity index (χ1n) is 5.75. The van der Waals surface area contributed by atoms with E-state index in [9.17, 15) is 0 Å². The molecule has 2 aromatic heterocycles. The van der Waals surface area contributed by atoms with Crippen LogP contribution in [0.15, 0.2) is 21.1 Å². The van der Waals surface area contributed by atoms with Crippen molar-refractivity contribution < 1.29 is 0 Å². The van der Waals surface area contributed by atoms with Gasteiger partial charge in [0.05, 0.1) is 0 Å². The Morgan fingerprint density at radius 1 is 1.24 bits per heavy atom. The van der Waals surface area contributed by atoms with Gasteiger partial charge in [0.1, 0.15) is 11.4 Å². The van der Waals surface area contributed by atoms with Crippen molar-refractivity contribution in [2.45, 2.75) is 42.0 Å². The molecule has 0 atom stereocenters. The van der Waals surface area contributed by atoms with E-state index in [-0.39, 0.29) is 0 Å². The second-order valence-electron chi connectivity index (χ2n) is 4.17. The van der Waals surface area contributed by atoms with Crippen LogP contribution in [0, 0.1) is 6.92 Å². The quantitative estimate of drug-likeness (QED) is 0.779. The van der Waals surface area contributed by atoms with E-state index < -0.39 is 0 Å². The molecule has 0 unspecified atom stereocenters. The van der Waals surface area contributed by atoms with Crippen molar-refractivity contribution in [3.05, 3.63) is 28.7 Å². The summed E-state index contributed by atoms with van der Waals surface area (Å²) in [4.78, 5) is 13.3. The summed E-state index contributed by atoms with van der Waals surface area (Å²) in [5.41, 5.74) is 3.67. The highest BCUT2D eigenvalue weighted by molar-refractivity contribution is 8.01. The number of aromatic nitrogens is 3. The first kappa shape index (κ1) is 11.2. The monoisotopic (exact) mass is 263 g/mol. The van der Waals surface area contributed by atoms with Gasteiger partial charge in [0, 0.05) is 22.3 Å². The van der Waals surface area contributed by atoms with E-state index in [4.69, 9.17) is 0 Å². The van der Waals surface area contributed by atoms with Gasteiger partial charge in [-0.2, -0.15) is 0 Å². The number of fused-ring (bicyclic) bond motifs is 1. The first-order valence-corrected chi connectivity index (χ1v) is 7.45. The summed E-state index contributed by atoms with van der Waals surface area (Å²) >= 11 is 3.37. The van der Waals surface area contributed by atoms with Crippen molar-refractivity contribution in [3.63, 3.8) is 0 Å². The number of hydrogen-bond donors (Lipinski definition) is 0. The fourth-order valence-electron chi connectivity index (χ4n) is 2.04. The second kappa shape index (κ2) is 4.74. The molecule has 0 saturated carbocycles. The molecule has 0 N–H and O–H groups in total. The molecule has 0 aromatic carbocycles. The third-order valence-corrected chi connectivity index (χ3v) is 4.97. The van der Waals surface area contributed by atoms with Crippen molar-refractivity contribution in [2.24, 2.45) is 0 Å². The van der Waals surface area contributed by atoms with Crippen molar-refractivity contribution >= 4 is 23.1 Å². The zero-order chi connectivity index (χ0) is 11.7. The van der Waals surface area contributed by atoms with Crippen molar-refractivity contribution in [1.29, 1.82) is 0 Å². The van der Waals surface area contributed by atoms with Crippen LogP contribution >= 0.6 is 23.1 Å².